The number of sulfonamides is 1. The van der Waals surface area contributed by atoms with E-state index < -0.39 is 16.1 Å². The summed E-state index contributed by atoms with van der Waals surface area (Å²) in [4.78, 5) is 9.07. The molecule has 3 N–H and O–H groups in total. The van der Waals surface area contributed by atoms with Crippen LogP contribution in [0.1, 0.15) is 35.2 Å². The maximum atomic E-state index is 13.0. The molecule has 0 saturated heterocycles. The minimum Gasteiger partial charge on any atom is -0.387 e. The third-order valence-electron chi connectivity index (χ3n) is 7.39. The Kier molecular flexibility index (Phi) is 10.4. The van der Waals surface area contributed by atoms with Crippen molar-refractivity contribution in [1.29, 1.82) is 0 Å². The summed E-state index contributed by atoms with van der Waals surface area (Å²) in [6, 6.07) is 32.6. The molecule has 9 heteroatoms. The van der Waals surface area contributed by atoms with Crippen LogP contribution in [0.4, 0.5) is 5.69 Å². The Balaban J connectivity index is 0.00000400. The van der Waals surface area contributed by atoms with Crippen molar-refractivity contribution in [2.75, 3.05) is 17.8 Å². The zero-order valence-corrected chi connectivity index (χ0v) is 25.6. The van der Waals surface area contributed by atoms with Gasteiger partial charge in [0.2, 0.25) is 0 Å². The zero-order chi connectivity index (χ0) is 30.4. The number of anilines is 1. The number of nitrogens with one attached hydrogen (secondary N) is 2. The average molecular weight is 637 g/mol. The molecule has 2 heterocycles. The molecular weight excluding hydrogens is 601 g/mol. The van der Waals surface area contributed by atoms with Gasteiger partial charge in [0.15, 0.2) is 0 Å². The number of rotatable bonds is 12. The SMILES string of the molecule is C.O=S(=O)(Nc1ccc(CCNC[C@H](O)c2cccnc2)cc1)c1ccc(Cc2nc(-c3ccc4ccccc4c3)cs2)cc1. The minimum atomic E-state index is -3.73. The van der Waals surface area contributed by atoms with E-state index in [9.17, 15) is 13.5 Å². The van der Waals surface area contributed by atoms with Gasteiger partial charge in [0.1, 0.15) is 0 Å². The molecule has 230 valence electrons. The largest absolute Gasteiger partial charge is 0.387 e. The second-order valence-electron chi connectivity index (χ2n) is 10.6. The van der Waals surface area contributed by atoms with Crippen molar-refractivity contribution in [3.63, 3.8) is 0 Å². The van der Waals surface area contributed by atoms with Gasteiger partial charge >= 0.3 is 0 Å². The van der Waals surface area contributed by atoms with Crippen molar-refractivity contribution in [3.05, 3.63) is 143 Å². The van der Waals surface area contributed by atoms with E-state index in [4.69, 9.17) is 4.98 Å². The number of pyridine rings is 1. The van der Waals surface area contributed by atoms with Crippen molar-refractivity contribution in [2.24, 2.45) is 0 Å². The number of benzene rings is 4. The quantitative estimate of drug-likeness (QED) is 0.122. The molecule has 0 aliphatic rings. The predicted octanol–water partition coefficient (Wildman–Crippen LogP) is 7.25. The first-order valence-corrected chi connectivity index (χ1v) is 16.7. The molecular formula is C36H36N4O3S2. The highest BCUT2D eigenvalue weighted by Crippen LogP contribution is 2.27. The van der Waals surface area contributed by atoms with E-state index in [1.165, 1.54) is 10.8 Å². The normalized spacial score (nSPS) is 12.0. The van der Waals surface area contributed by atoms with Crippen LogP contribution < -0.4 is 10.0 Å². The van der Waals surface area contributed by atoms with E-state index in [2.05, 4.69) is 50.7 Å². The first-order valence-electron chi connectivity index (χ1n) is 14.4. The average Bonchev–Trinajstić information content (AvgIpc) is 3.52. The molecule has 0 aliphatic carbocycles. The lowest BCUT2D eigenvalue weighted by molar-refractivity contribution is 0.174. The highest BCUT2D eigenvalue weighted by molar-refractivity contribution is 7.92. The lowest BCUT2D eigenvalue weighted by atomic mass is 10.1. The Morgan fingerprint density at radius 1 is 0.844 bits per heavy atom. The summed E-state index contributed by atoms with van der Waals surface area (Å²) in [6.45, 7) is 1.11. The van der Waals surface area contributed by atoms with Crippen LogP contribution in [0.25, 0.3) is 22.0 Å². The highest BCUT2D eigenvalue weighted by atomic mass is 32.2. The summed E-state index contributed by atoms with van der Waals surface area (Å²) in [5.41, 5.74) is 5.36. The van der Waals surface area contributed by atoms with Crippen LogP contribution in [-0.4, -0.2) is 36.6 Å². The van der Waals surface area contributed by atoms with Crippen LogP contribution in [0.5, 0.6) is 0 Å². The highest BCUT2D eigenvalue weighted by Gasteiger charge is 2.15. The molecule has 0 unspecified atom stereocenters. The molecule has 6 aromatic rings. The fourth-order valence-corrected chi connectivity index (χ4v) is 6.85. The molecule has 4 aromatic carbocycles. The molecule has 6 rings (SSSR count). The predicted molar refractivity (Wildman–Crippen MR) is 184 cm³/mol. The maximum absolute atomic E-state index is 13.0. The standard InChI is InChI=1S/C35H32N4O3S2.CH4/c40-34(30-6-3-18-36-22-30)23-37-19-17-25-7-13-31(14-8-25)39-44(41,42)32-15-9-26(10-16-32)20-35-38-33(24-43-35)29-12-11-27-4-1-2-5-28(27)21-29;/h1-16,18,21-22,24,34,37,39-40H,17,19-20,23H2;1H4/t34-;/m0./s1. The number of hydrogen-bond acceptors (Lipinski definition) is 7. The van der Waals surface area contributed by atoms with Gasteiger partial charge in [-0.3, -0.25) is 9.71 Å². The van der Waals surface area contributed by atoms with Gasteiger partial charge in [-0.25, -0.2) is 13.4 Å². The maximum Gasteiger partial charge on any atom is 0.261 e. The molecule has 0 bridgehead atoms. The molecule has 1 atom stereocenters. The lowest BCUT2D eigenvalue weighted by Gasteiger charge is -2.12. The number of aromatic nitrogens is 2. The molecule has 0 saturated carbocycles. The van der Waals surface area contributed by atoms with Gasteiger partial charge in [-0.15, -0.1) is 11.3 Å². The van der Waals surface area contributed by atoms with E-state index in [0.717, 1.165) is 39.4 Å². The van der Waals surface area contributed by atoms with Crippen LogP contribution in [-0.2, 0) is 22.9 Å². The molecule has 45 heavy (non-hydrogen) atoms. The van der Waals surface area contributed by atoms with Gasteiger partial charge < -0.3 is 10.4 Å². The number of nitrogens with zero attached hydrogens (tertiary/aromatic N) is 2. The Morgan fingerprint density at radius 3 is 2.36 bits per heavy atom. The molecule has 7 nitrogen and oxygen atoms in total. The van der Waals surface area contributed by atoms with E-state index >= 15 is 0 Å². The number of thiazole rings is 1. The van der Waals surface area contributed by atoms with Gasteiger partial charge in [-0.05, 0) is 71.3 Å². The summed E-state index contributed by atoms with van der Waals surface area (Å²) >= 11 is 1.60. The summed E-state index contributed by atoms with van der Waals surface area (Å²) < 4.78 is 28.8. The molecule has 0 fully saturated rings. The Bertz CT molecular complexity index is 1940. The third-order valence-corrected chi connectivity index (χ3v) is 9.64. The second kappa shape index (κ2) is 14.6. The number of fused-ring (bicyclic) bond motifs is 1. The minimum absolute atomic E-state index is 0. The fourth-order valence-electron chi connectivity index (χ4n) is 4.95. The van der Waals surface area contributed by atoms with E-state index in [0.29, 0.717) is 25.2 Å². The first-order chi connectivity index (χ1) is 21.4. The summed E-state index contributed by atoms with van der Waals surface area (Å²) in [5.74, 6) is 0. The van der Waals surface area contributed by atoms with Gasteiger partial charge in [-0.2, -0.15) is 0 Å². The topological polar surface area (TPSA) is 104 Å². The summed E-state index contributed by atoms with van der Waals surface area (Å²) in [5, 5.41) is 18.9. The lowest BCUT2D eigenvalue weighted by Crippen LogP contribution is -2.23. The second-order valence-corrected chi connectivity index (χ2v) is 13.2. The number of hydrogen-bond donors (Lipinski definition) is 3. The smallest absolute Gasteiger partial charge is 0.261 e. The zero-order valence-electron chi connectivity index (χ0n) is 23.9. The molecule has 0 spiro atoms. The number of aliphatic hydroxyl groups excluding tert-OH is 1. The van der Waals surface area contributed by atoms with Crippen molar-refractivity contribution >= 4 is 37.8 Å². The molecule has 0 aliphatic heterocycles. The van der Waals surface area contributed by atoms with Crippen LogP contribution >= 0.6 is 11.3 Å². The Labute approximate surface area is 268 Å². The molecule has 0 amide bonds. The van der Waals surface area contributed by atoms with Crippen molar-refractivity contribution < 1.29 is 13.5 Å². The third kappa shape index (κ3) is 8.20. The van der Waals surface area contributed by atoms with Crippen molar-refractivity contribution in [3.8, 4) is 11.3 Å². The van der Waals surface area contributed by atoms with Gasteiger partial charge in [-0.1, -0.05) is 74.2 Å². The van der Waals surface area contributed by atoms with E-state index in [1.54, 1.807) is 54.1 Å². The van der Waals surface area contributed by atoms with Crippen molar-refractivity contribution in [2.45, 2.75) is 31.3 Å². The Morgan fingerprint density at radius 2 is 1.60 bits per heavy atom. The van der Waals surface area contributed by atoms with Gasteiger partial charge in [0.25, 0.3) is 10.0 Å². The van der Waals surface area contributed by atoms with Gasteiger partial charge in [0, 0.05) is 47.6 Å². The van der Waals surface area contributed by atoms with E-state index in [1.807, 2.05) is 42.5 Å². The molecule has 0 radical (unpaired) electrons. The first kappa shape index (κ1) is 32.0. The fraction of sp³-hybridized carbons (Fsp3) is 0.167. The van der Waals surface area contributed by atoms with Crippen LogP contribution in [0.15, 0.2) is 126 Å². The van der Waals surface area contributed by atoms with Crippen LogP contribution in [0, 0.1) is 0 Å². The molecule has 2 aromatic heterocycles. The Hall–Kier alpha value is -4.41. The van der Waals surface area contributed by atoms with Gasteiger partial charge in [0.05, 0.1) is 21.7 Å². The summed E-state index contributed by atoms with van der Waals surface area (Å²) in [7, 11) is -3.73. The number of aliphatic hydroxyl groups is 1. The summed E-state index contributed by atoms with van der Waals surface area (Å²) in [6.07, 6.45) is 4.10. The monoisotopic (exact) mass is 636 g/mol. The van der Waals surface area contributed by atoms with Crippen molar-refractivity contribution in [1.82, 2.24) is 15.3 Å². The van der Waals surface area contributed by atoms with Crippen LogP contribution in [0.3, 0.4) is 0 Å². The van der Waals surface area contributed by atoms with E-state index in [-0.39, 0.29) is 12.3 Å². The van der Waals surface area contributed by atoms with Crippen LogP contribution in [0.2, 0.25) is 0 Å².